The summed E-state index contributed by atoms with van der Waals surface area (Å²) in [5, 5.41) is 4.51. The molecular formula is C11H18NS+. The summed E-state index contributed by atoms with van der Waals surface area (Å²) >= 11 is 1.82. The van der Waals surface area contributed by atoms with E-state index in [0.717, 1.165) is 6.04 Å². The molecule has 1 unspecified atom stereocenters. The quantitative estimate of drug-likeness (QED) is 0.606. The molecule has 1 aromatic rings. The van der Waals surface area contributed by atoms with Crippen LogP contribution >= 0.6 is 11.3 Å². The molecule has 0 saturated carbocycles. The monoisotopic (exact) mass is 196 g/mol. The van der Waals surface area contributed by atoms with Crippen LogP contribution in [0.3, 0.4) is 0 Å². The van der Waals surface area contributed by atoms with Gasteiger partial charge in [0, 0.05) is 12.0 Å². The molecule has 0 N–H and O–H groups in total. The summed E-state index contributed by atoms with van der Waals surface area (Å²) in [6, 6.07) is 3.04. The Morgan fingerprint density at radius 3 is 2.85 bits per heavy atom. The van der Waals surface area contributed by atoms with Gasteiger partial charge in [0.15, 0.2) is 0 Å². The van der Waals surface area contributed by atoms with Gasteiger partial charge in [-0.15, -0.1) is 0 Å². The highest BCUT2D eigenvalue weighted by atomic mass is 32.1. The molecule has 13 heavy (non-hydrogen) atoms. The van der Waals surface area contributed by atoms with Gasteiger partial charge in [-0.3, -0.25) is 0 Å². The normalized spacial score (nSPS) is 27.4. The highest BCUT2D eigenvalue weighted by Gasteiger charge is 2.32. The fraction of sp³-hybridized carbons (Fsp3) is 0.636. The van der Waals surface area contributed by atoms with Gasteiger partial charge in [0.25, 0.3) is 0 Å². The summed E-state index contributed by atoms with van der Waals surface area (Å²) < 4.78 is 1.18. The molecule has 0 spiro atoms. The third-order valence-electron chi connectivity index (χ3n) is 3.23. The van der Waals surface area contributed by atoms with Crippen molar-refractivity contribution >= 4 is 11.3 Å². The second kappa shape index (κ2) is 3.43. The summed E-state index contributed by atoms with van der Waals surface area (Å²) in [5.41, 5.74) is 1.55. The smallest absolute Gasteiger partial charge is 0.115 e. The van der Waals surface area contributed by atoms with E-state index < -0.39 is 0 Å². The molecule has 1 saturated heterocycles. The van der Waals surface area contributed by atoms with Gasteiger partial charge in [-0.2, -0.15) is 11.3 Å². The van der Waals surface area contributed by atoms with E-state index in [1.54, 1.807) is 5.56 Å². The summed E-state index contributed by atoms with van der Waals surface area (Å²) in [4.78, 5) is 0. The van der Waals surface area contributed by atoms with Crippen molar-refractivity contribution in [2.75, 3.05) is 20.6 Å². The van der Waals surface area contributed by atoms with Crippen LogP contribution in [0.5, 0.6) is 0 Å². The first kappa shape index (κ1) is 9.22. The Hall–Kier alpha value is -0.340. The van der Waals surface area contributed by atoms with Gasteiger partial charge in [0.1, 0.15) is 6.04 Å². The molecule has 1 aromatic heterocycles. The zero-order chi connectivity index (χ0) is 9.31. The lowest BCUT2D eigenvalue weighted by molar-refractivity contribution is -0.926. The zero-order valence-corrected chi connectivity index (χ0v) is 9.31. The van der Waals surface area contributed by atoms with Crippen LogP contribution in [0.25, 0.3) is 0 Å². The lowest BCUT2D eigenvalue weighted by Crippen LogP contribution is -2.46. The van der Waals surface area contributed by atoms with E-state index >= 15 is 0 Å². The minimum absolute atomic E-state index is 0.750. The van der Waals surface area contributed by atoms with Crippen LogP contribution in [-0.4, -0.2) is 25.1 Å². The molecule has 0 aromatic carbocycles. The minimum atomic E-state index is 0.750. The van der Waals surface area contributed by atoms with Crippen molar-refractivity contribution in [3.63, 3.8) is 0 Å². The third-order valence-corrected chi connectivity index (χ3v) is 3.94. The predicted octanol–water partition coefficient (Wildman–Crippen LogP) is 3.05. The fourth-order valence-electron chi connectivity index (χ4n) is 2.40. The maximum absolute atomic E-state index is 2.36. The molecule has 0 amide bonds. The molecule has 1 aliphatic rings. The fourth-order valence-corrected chi connectivity index (χ4v) is 3.10. The highest BCUT2D eigenvalue weighted by Crippen LogP contribution is 2.35. The van der Waals surface area contributed by atoms with E-state index in [4.69, 9.17) is 0 Å². The minimum Gasteiger partial charge on any atom is -0.322 e. The van der Waals surface area contributed by atoms with E-state index in [-0.39, 0.29) is 0 Å². The van der Waals surface area contributed by atoms with Crippen LogP contribution in [0.4, 0.5) is 0 Å². The van der Waals surface area contributed by atoms with Crippen molar-refractivity contribution in [1.82, 2.24) is 0 Å². The van der Waals surface area contributed by atoms with E-state index in [1.165, 1.54) is 30.3 Å². The van der Waals surface area contributed by atoms with Crippen molar-refractivity contribution < 1.29 is 4.48 Å². The molecule has 1 fully saturated rings. The largest absolute Gasteiger partial charge is 0.322 e. The van der Waals surface area contributed by atoms with E-state index in [9.17, 15) is 0 Å². The van der Waals surface area contributed by atoms with Gasteiger partial charge in [-0.1, -0.05) is 0 Å². The molecule has 72 valence electrons. The second-order valence-corrected chi connectivity index (χ2v) is 5.35. The van der Waals surface area contributed by atoms with Crippen LogP contribution in [0.2, 0.25) is 0 Å². The molecule has 1 nitrogen and oxygen atoms in total. The Kier molecular flexibility index (Phi) is 2.43. The van der Waals surface area contributed by atoms with Crippen molar-refractivity contribution in [2.24, 2.45) is 0 Å². The van der Waals surface area contributed by atoms with Gasteiger partial charge in [0.2, 0.25) is 0 Å². The van der Waals surface area contributed by atoms with Gasteiger partial charge in [-0.05, 0) is 29.7 Å². The number of nitrogens with zero attached hydrogens (tertiary/aromatic N) is 1. The van der Waals surface area contributed by atoms with Crippen molar-refractivity contribution in [1.29, 1.82) is 0 Å². The van der Waals surface area contributed by atoms with E-state index in [2.05, 4.69) is 30.9 Å². The Labute approximate surface area is 84.6 Å². The van der Waals surface area contributed by atoms with Crippen molar-refractivity contribution in [2.45, 2.75) is 25.3 Å². The number of hydrogen-bond acceptors (Lipinski definition) is 1. The SMILES string of the molecule is C[N+]1(C)CCCCC1c1ccsc1. The number of hydrogen-bond donors (Lipinski definition) is 0. The van der Waals surface area contributed by atoms with Crippen LogP contribution in [0, 0.1) is 0 Å². The summed E-state index contributed by atoms with van der Waals surface area (Å²) in [5.74, 6) is 0. The average Bonchev–Trinajstić information content (AvgIpc) is 2.55. The summed E-state index contributed by atoms with van der Waals surface area (Å²) in [6.07, 6.45) is 4.17. The first-order valence-electron chi connectivity index (χ1n) is 5.05. The molecule has 1 atom stereocenters. The van der Waals surface area contributed by atoms with Crippen LogP contribution in [0.1, 0.15) is 30.9 Å². The standard InChI is InChI=1S/C11H18NS/c1-12(2)7-4-3-5-11(12)10-6-8-13-9-10/h6,8-9,11H,3-5,7H2,1-2H3/q+1. The Morgan fingerprint density at radius 2 is 2.23 bits per heavy atom. The maximum Gasteiger partial charge on any atom is 0.115 e. The van der Waals surface area contributed by atoms with Crippen LogP contribution in [-0.2, 0) is 0 Å². The molecular weight excluding hydrogens is 178 g/mol. The first-order valence-corrected chi connectivity index (χ1v) is 5.99. The number of thiophene rings is 1. The third kappa shape index (κ3) is 1.79. The zero-order valence-electron chi connectivity index (χ0n) is 8.49. The van der Waals surface area contributed by atoms with E-state index in [1.807, 2.05) is 11.3 Å². The molecule has 0 radical (unpaired) electrons. The van der Waals surface area contributed by atoms with E-state index in [0.29, 0.717) is 0 Å². The maximum atomic E-state index is 2.36. The van der Waals surface area contributed by atoms with Gasteiger partial charge < -0.3 is 4.48 Å². The Bertz CT molecular complexity index is 264. The topological polar surface area (TPSA) is 0 Å². The lowest BCUT2D eigenvalue weighted by Gasteiger charge is -2.41. The molecule has 0 aliphatic carbocycles. The molecule has 0 bridgehead atoms. The summed E-state index contributed by atoms with van der Waals surface area (Å²) in [7, 11) is 4.73. The van der Waals surface area contributed by atoms with Crippen LogP contribution < -0.4 is 0 Å². The highest BCUT2D eigenvalue weighted by molar-refractivity contribution is 7.07. The molecule has 2 heterocycles. The number of likely N-dealkylation sites (tertiary alicyclic amines) is 1. The Balaban J connectivity index is 2.21. The molecule has 1 aliphatic heterocycles. The van der Waals surface area contributed by atoms with Crippen molar-refractivity contribution in [3.05, 3.63) is 22.4 Å². The molecule has 2 heteroatoms. The van der Waals surface area contributed by atoms with Crippen molar-refractivity contribution in [3.8, 4) is 0 Å². The summed E-state index contributed by atoms with van der Waals surface area (Å²) in [6.45, 7) is 1.33. The first-order chi connectivity index (χ1) is 6.20. The van der Waals surface area contributed by atoms with Gasteiger partial charge in [0.05, 0.1) is 20.6 Å². The van der Waals surface area contributed by atoms with Gasteiger partial charge in [-0.25, -0.2) is 0 Å². The van der Waals surface area contributed by atoms with Gasteiger partial charge >= 0.3 is 0 Å². The number of piperidine rings is 1. The Morgan fingerprint density at radius 1 is 1.38 bits per heavy atom. The average molecular weight is 196 g/mol. The molecule has 2 rings (SSSR count). The second-order valence-electron chi connectivity index (χ2n) is 4.57. The number of rotatable bonds is 1. The number of quaternary nitrogens is 1. The predicted molar refractivity (Wildman–Crippen MR) is 57.9 cm³/mol. The lowest BCUT2D eigenvalue weighted by atomic mass is 9.96. The van der Waals surface area contributed by atoms with Crippen LogP contribution in [0.15, 0.2) is 16.8 Å².